The average molecular weight is 486 g/mol. The molecular weight excluding hydrogens is 462 g/mol. The van der Waals surface area contributed by atoms with Gasteiger partial charge in [0.05, 0.1) is 31.9 Å². The van der Waals surface area contributed by atoms with Gasteiger partial charge < -0.3 is 25.8 Å². The Balaban J connectivity index is 1.59. The molecule has 1 aliphatic heterocycles. The summed E-state index contributed by atoms with van der Waals surface area (Å²) in [5.74, 6) is 0.0971. The first-order valence-electron chi connectivity index (χ1n) is 11.1. The van der Waals surface area contributed by atoms with Crippen molar-refractivity contribution < 1.29 is 19.1 Å². The Hall–Kier alpha value is -4.77. The summed E-state index contributed by atoms with van der Waals surface area (Å²) in [7, 11) is 1.51. The molecule has 11 nitrogen and oxygen atoms in total. The molecule has 2 amide bonds. The number of nitrogens with zero attached hydrogens (tertiary/aromatic N) is 4. The summed E-state index contributed by atoms with van der Waals surface area (Å²) in [6, 6.07) is 12.4. The van der Waals surface area contributed by atoms with E-state index in [1.54, 1.807) is 30.3 Å². The molecule has 0 saturated carbocycles. The van der Waals surface area contributed by atoms with Crippen molar-refractivity contribution in [3.63, 3.8) is 0 Å². The second-order valence-electron chi connectivity index (χ2n) is 8.10. The summed E-state index contributed by atoms with van der Waals surface area (Å²) in [5.41, 5.74) is 10.5. The SMILES string of the molecule is C=CC(=O)Nc1ccc(-c2nn3ncnc(N)c3c2-c2ccc(C(=O)NC3COC3)c(OC)c2)cc1. The van der Waals surface area contributed by atoms with E-state index in [0.717, 1.165) is 5.56 Å². The van der Waals surface area contributed by atoms with Gasteiger partial charge in [-0.25, -0.2) is 4.98 Å². The molecule has 0 atom stereocenters. The van der Waals surface area contributed by atoms with Crippen LogP contribution in [0.1, 0.15) is 10.4 Å². The molecule has 4 N–H and O–H groups in total. The number of fused-ring (bicyclic) bond motifs is 1. The summed E-state index contributed by atoms with van der Waals surface area (Å²) in [4.78, 5) is 28.5. The van der Waals surface area contributed by atoms with Crippen molar-refractivity contribution in [2.75, 3.05) is 31.4 Å². The molecule has 0 unspecified atom stereocenters. The monoisotopic (exact) mass is 485 g/mol. The number of anilines is 2. The van der Waals surface area contributed by atoms with Gasteiger partial charge in [0.25, 0.3) is 5.91 Å². The quantitative estimate of drug-likeness (QED) is 0.338. The number of carbonyl (C=O) groups excluding carboxylic acids is 2. The number of benzene rings is 2. The molecule has 11 heteroatoms. The molecule has 0 radical (unpaired) electrons. The first kappa shape index (κ1) is 23.0. The van der Waals surface area contributed by atoms with E-state index in [9.17, 15) is 9.59 Å². The van der Waals surface area contributed by atoms with Crippen LogP contribution in [0.3, 0.4) is 0 Å². The molecule has 2 aromatic carbocycles. The zero-order valence-corrected chi connectivity index (χ0v) is 19.4. The number of aromatic nitrogens is 4. The van der Waals surface area contributed by atoms with Gasteiger partial charge in [-0.2, -0.15) is 0 Å². The van der Waals surface area contributed by atoms with Crippen LogP contribution >= 0.6 is 0 Å². The van der Waals surface area contributed by atoms with E-state index in [4.69, 9.17) is 15.2 Å². The van der Waals surface area contributed by atoms with Crippen molar-refractivity contribution in [1.29, 1.82) is 0 Å². The Morgan fingerprint density at radius 2 is 1.94 bits per heavy atom. The number of methoxy groups -OCH3 is 1. The maximum Gasteiger partial charge on any atom is 0.255 e. The van der Waals surface area contributed by atoms with Crippen molar-refractivity contribution in [2.24, 2.45) is 0 Å². The van der Waals surface area contributed by atoms with E-state index in [1.165, 1.54) is 24.1 Å². The number of ether oxygens (including phenoxy) is 2. The normalized spacial score (nSPS) is 13.1. The Labute approximate surface area is 205 Å². The van der Waals surface area contributed by atoms with E-state index in [-0.39, 0.29) is 23.7 Å². The lowest BCUT2D eigenvalue weighted by atomic mass is 9.98. The van der Waals surface area contributed by atoms with Gasteiger partial charge in [-0.3, -0.25) is 9.59 Å². The fraction of sp³-hybridized carbons (Fsp3) is 0.160. The van der Waals surface area contributed by atoms with Crippen LogP contribution in [0.25, 0.3) is 27.9 Å². The van der Waals surface area contributed by atoms with Crippen LogP contribution in [0.15, 0.2) is 61.4 Å². The molecule has 2 aromatic heterocycles. The molecule has 3 heterocycles. The highest BCUT2D eigenvalue weighted by atomic mass is 16.5. The van der Waals surface area contributed by atoms with Crippen molar-refractivity contribution in [1.82, 2.24) is 25.1 Å². The lowest BCUT2D eigenvalue weighted by Gasteiger charge is -2.27. The van der Waals surface area contributed by atoms with Gasteiger partial charge in [-0.15, -0.1) is 14.8 Å². The smallest absolute Gasteiger partial charge is 0.255 e. The lowest BCUT2D eigenvalue weighted by molar-refractivity contribution is -0.111. The third-order valence-electron chi connectivity index (χ3n) is 5.79. The first-order chi connectivity index (χ1) is 17.5. The van der Waals surface area contributed by atoms with Gasteiger partial charge in [0.2, 0.25) is 5.91 Å². The molecule has 5 rings (SSSR count). The summed E-state index contributed by atoms with van der Waals surface area (Å²) in [5, 5.41) is 14.5. The third-order valence-corrected chi connectivity index (χ3v) is 5.79. The standard InChI is InChI=1S/C25H23N7O4/c1-3-20(33)29-16-7-4-14(5-8-16)22-21(23-24(26)27-13-28-32(23)31-22)15-6-9-18(19(10-15)35-2)25(34)30-17-11-36-12-17/h3-10,13,17H,1,11-12H2,2H3,(H,29,33)(H,30,34)(H2,26,27,28). The van der Waals surface area contributed by atoms with E-state index in [0.29, 0.717) is 52.6 Å². The molecule has 0 bridgehead atoms. The van der Waals surface area contributed by atoms with Crippen molar-refractivity contribution in [3.8, 4) is 28.1 Å². The Bertz CT molecular complexity index is 1480. The summed E-state index contributed by atoms with van der Waals surface area (Å²) in [6.07, 6.45) is 2.53. The molecule has 182 valence electrons. The van der Waals surface area contributed by atoms with Gasteiger partial charge in [-0.05, 0) is 35.9 Å². The van der Waals surface area contributed by atoms with Crippen LogP contribution in [0.2, 0.25) is 0 Å². The fourth-order valence-electron chi connectivity index (χ4n) is 3.92. The molecular formula is C25H23N7O4. The second kappa shape index (κ2) is 9.47. The molecule has 0 aliphatic carbocycles. The van der Waals surface area contributed by atoms with E-state index >= 15 is 0 Å². The minimum Gasteiger partial charge on any atom is -0.496 e. The number of hydrogen-bond donors (Lipinski definition) is 3. The summed E-state index contributed by atoms with van der Waals surface area (Å²) < 4.78 is 12.1. The number of amides is 2. The number of nitrogen functional groups attached to an aromatic ring is 1. The van der Waals surface area contributed by atoms with E-state index in [2.05, 4.69) is 32.4 Å². The van der Waals surface area contributed by atoms with Crippen LogP contribution in [0, 0.1) is 0 Å². The van der Waals surface area contributed by atoms with E-state index in [1.807, 2.05) is 12.1 Å². The second-order valence-corrected chi connectivity index (χ2v) is 8.10. The molecule has 1 saturated heterocycles. The first-order valence-corrected chi connectivity index (χ1v) is 11.1. The molecule has 1 aliphatic rings. The predicted molar refractivity (Wildman–Crippen MR) is 134 cm³/mol. The van der Waals surface area contributed by atoms with Crippen LogP contribution in [0.4, 0.5) is 11.5 Å². The maximum absolute atomic E-state index is 12.8. The number of nitrogens with one attached hydrogen (secondary N) is 2. The Kier molecular flexibility index (Phi) is 6.05. The number of carbonyl (C=O) groups is 2. The molecule has 4 aromatic rings. The average Bonchev–Trinajstić information content (AvgIpc) is 3.27. The zero-order valence-electron chi connectivity index (χ0n) is 19.4. The number of nitrogens with two attached hydrogens (primary N) is 1. The van der Waals surface area contributed by atoms with Crippen LogP contribution < -0.4 is 21.1 Å². The van der Waals surface area contributed by atoms with Crippen molar-refractivity contribution >= 4 is 28.8 Å². The van der Waals surface area contributed by atoms with E-state index < -0.39 is 0 Å². The fourth-order valence-corrected chi connectivity index (χ4v) is 3.92. The minimum atomic E-state index is -0.305. The molecule has 1 fully saturated rings. The van der Waals surface area contributed by atoms with Crippen molar-refractivity contribution in [3.05, 3.63) is 67.0 Å². The predicted octanol–water partition coefficient (Wildman–Crippen LogP) is 2.30. The lowest BCUT2D eigenvalue weighted by Crippen LogP contribution is -2.48. The van der Waals surface area contributed by atoms with Crippen LogP contribution in [0.5, 0.6) is 5.75 Å². The van der Waals surface area contributed by atoms with Gasteiger partial charge in [0.1, 0.15) is 23.3 Å². The van der Waals surface area contributed by atoms with Crippen LogP contribution in [-0.4, -0.2) is 58.0 Å². The van der Waals surface area contributed by atoms with Crippen LogP contribution in [-0.2, 0) is 9.53 Å². The maximum atomic E-state index is 12.8. The van der Waals surface area contributed by atoms with Gasteiger partial charge in [0, 0.05) is 16.8 Å². The highest BCUT2D eigenvalue weighted by molar-refractivity contribution is 6.01. The highest BCUT2D eigenvalue weighted by Crippen LogP contribution is 2.39. The summed E-state index contributed by atoms with van der Waals surface area (Å²) in [6.45, 7) is 4.45. The molecule has 0 spiro atoms. The Morgan fingerprint density at radius 3 is 2.61 bits per heavy atom. The minimum absolute atomic E-state index is 0.00992. The Morgan fingerprint density at radius 1 is 1.19 bits per heavy atom. The zero-order chi connectivity index (χ0) is 25.2. The number of hydrogen-bond acceptors (Lipinski definition) is 8. The topological polar surface area (TPSA) is 146 Å². The number of rotatable bonds is 7. The van der Waals surface area contributed by atoms with Crippen molar-refractivity contribution in [2.45, 2.75) is 6.04 Å². The molecule has 36 heavy (non-hydrogen) atoms. The highest BCUT2D eigenvalue weighted by Gasteiger charge is 2.25. The third kappa shape index (κ3) is 4.23. The van der Waals surface area contributed by atoms with Gasteiger partial charge >= 0.3 is 0 Å². The van der Waals surface area contributed by atoms with Gasteiger partial charge in [0.15, 0.2) is 5.82 Å². The largest absolute Gasteiger partial charge is 0.496 e. The van der Waals surface area contributed by atoms with Gasteiger partial charge in [-0.1, -0.05) is 24.8 Å². The summed E-state index contributed by atoms with van der Waals surface area (Å²) >= 11 is 0.